The summed E-state index contributed by atoms with van der Waals surface area (Å²) in [5, 5.41) is 4.51. The summed E-state index contributed by atoms with van der Waals surface area (Å²) in [6.45, 7) is 4.97. The monoisotopic (exact) mass is 409 g/mol. The lowest BCUT2D eigenvalue weighted by Crippen LogP contribution is -2.34. The summed E-state index contributed by atoms with van der Waals surface area (Å²) in [5.41, 5.74) is 0.676. The molecule has 0 bridgehead atoms. The van der Waals surface area contributed by atoms with Crippen LogP contribution in [0.25, 0.3) is 0 Å². The molecule has 0 aliphatic carbocycles. The van der Waals surface area contributed by atoms with Gasteiger partial charge in [-0.1, -0.05) is 57.3 Å². The lowest BCUT2D eigenvalue weighted by atomic mass is 9.88. The molecule has 1 rings (SSSR count). The summed E-state index contributed by atoms with van der Waals surface area (Å²) in [7, 11) is 0. The highest BCUT2D eigenvalue weighted by atomic mass is 79.9. The zero-order valence-electron chi connectivity index (χ0n) is 11.1. The van der Waals surface area contributed by atoms with Gasteiger partial charge < -0.3 is 5.32 Å². The van der Waals surface area contributed by atoms with Gasteiger partial charge in [0.1, 0.15) is 0 Å². The van der Waals surface area contributed by atoms with Crippen LogP contribution in [0, 0.1) is 5.41 Å². The second kappa shape index (κ2) is 7.65. The van der Waals surface area contributed by atoms with Gasteiger partial charge in [-0.2, -0.15) is 0 Å². The Kier molecular flexibility index (Phi) is 6.84. The summed E-state index contributed by atoms with van der Waals surface area (Å²) in [4.78, 5) is 12.1. The first kappa shape index (κ1) is 17.0. The Labute approximate surface area is 136 Å². The maximum atomic E-state index is 12.1. The summed E-state index contributed by atoms with van der Waals surface area (Å²) < 4.78 is 0.809. The molecule has 0 fully saturated rings. The lowest BCUT2D eigenvalue weighted by molar-refractivity contribution is 0.0934. The Balaban J connectivity index is 2.60. The van der Waals surface area contributed by atoms with Gasteiger partial charge in [-0.05, 0) is 36.5 Å². The Morgan fingerprint density at radius 1 is 1.37 bits per heavy atom. The second-order valence-corrected chi connectivity index (χ2v) is 7.44. The number of nitrogens with one attached hydrogen (secondary N) is 1. The predicted molar refractivity (Wildman–Crippen MR) is 88.3 cm³/mol. The van der Waals surface area contributed by atoms with Crippen LogP contribution in [0.4, 0.5) is 0 Å². The van der Waals surface area contributed by atoms with Crippen molar-refractivity contribution in [2.24, 2.45) is 5.41 Å². The Hall–Kier alpha value is -0.0600. The van der Waals surface area contributed by atoms with E-state index in [2.05, 4.69) is 51.0 Å². The summed E-state index contributed by atoms with van der Waals surface area (Å²) >= 11 is 12.7. The molecule has 2 nitrogen and oxygen atoms in total. The molecule has 1 aromatic carbocycles. The van der Waals surface area contributed by atoms with Gasteiger partial charge in [0.05, 0.1) is 0 Å². The fourth-order valence-electron chi connectivity index (χ4n) is 1.74. The van der Waals surface area contributed by atoms with Crippen molar-refractivity contribution in [2.45, 2.75) is 26.7 Å². The Morgan fingerprint density at radius 3 is 2.63 bits per heavy atom. The molecule has 1 aromatic rings. The largest absolute Gasteiger partial charge is 0.352 e. The number of rotatable bonds is 6. The van der Waals surface area contributed by atoms with E-state index in [0.29, 0.717) is 17.1 Å². The third-order valence-electron chi connectivity index (χ3n) is 2.84. The van der Waals surface area contributed by atoms with Crippen molar-refractivity contribution >= 4 is 49.4 Å². The normalized spacial score (nSPS) is 11.4. The van der Waals surface area contributed by atoms with Crippen LogP contribution in [-0.2, 0) is 0 Å². The van der Waals surface area contributed by atoms with E-state index in [-0.39, 0.29) is 11.3 Å². The molecule has 0 unspecified atom stereocenters. The van der Waals surface area contributed by atoms with Crippen LogP contribution in [0.2, 0.25) is 5.02 Å². The van der Waals surface area contributed by atoms with E-state index in [1.54, 1.807) is 18.2 Å². The topological polar surface area (TPSA) is 29.1 Å². The molecule has 0 atom stereocenters. The number of carbonyl (C=O) groups is 1. The maximum absolute atomic E-state index is 12.1. The molecule has 1 amide bonds. The third-order valence-corrected chi connectivity index (χ3v) is 4.08. The number of carbonyl (C=O) groups excluding carboxylic acids is 1. The third kappa shape index (κ3) is 6.28. The molecule has 0 radical (unpaired) electrons. The van der Waals surface area contributed by atoms with Crippen LogP contribution >= 0.6 is 43.5 Å². The fraction of sp³-hybridized carbons (Fsp3) is 0.500. The van der Waals surface area contributed by atoms with Gasteiger partial charge in [-0.15, -0.1) is 0 Å². The van der Waals surface area contributed by atoms with Crippen LogP contribution in [0.1, 0.15) is 37.0 Å². The summed E-state index contributed by atoms with van der Waals surface area (Å²) in [6.07, 6.45) is 2.17. The van der Waals surface area contributed by atoms with Gasteiger partial charge in [-0.25, -0.2) is 0 Å². The average Bonchev–Trinajstić information content (AvgIpc) is 2.32. The van der Waals surface area contributed by atoms with Gasteiger partial charge >= 0.3 is 0 Å². The molecule has 106 valence electrons. The number of alkyl halides is 1. The zero-order valence-corrected chi connectivity index (χ0v) is 15.0. The highest BCUT2D eigenvalue weighted by molar-refractivity contribution is 9.10. The number of hydrogen-bond donors (Lipinski definition) is 1. The zero-order chi connectivity index (χ0) is 14.5. The number of benzene rings is 1. The molecule has 19 heavy (non-hydrogen) atoms. The van der Waals surface area contributed by atoms with Crippen molar-refractivity contribution in [3.05, 3.63) is 33.3 Å². The van der Waals surface area contributed by atoms with Crippen molar-refractivity contribution in [3.63, 3.8) is 0 Å². The van der Waals surface area contributed by atoms with Crippen molar-refractivity contribution in [2.75, 3.05) is 11.9 Å². The highest BCUT2D eigenvalue weighted by Gasteiger charge is 2.18. The first-order chi connectivity index (χ1) is 8.84. The van der Waals surface area contributed by atoms with Gasteiger partial charge in [0.25, 0.3) is 5.91 Å². The first-order valence-corrected chi connectivity index (χ1v) is 8.43. The summed E-state index contributed by atoms with van der Waals surface area (Å²) in [6, 6.07) is 5.21. The predicted octanol–water partition coefficient (Wildman–Crippen LogP) is 5.03. The van der Waals surface area contributed by atoms with Crippen molar-refractivity contribution in [1.82, 2.24) is 5.32 Å². The van der Waals surface area contributed by atoms with E-state index < -0.39 is 0 Å². The number of amides is 1. The molecule has 0 aliphatic heterocycles. The molecule has 0 aliphatic rings. The number of halogens is 3. The van der Waals surface area contributed by atoms with Crippen LogP contribution in [0.3, 0.4) is 0 Å². The fourth-order valence-corrected chi connectivity index (χ4v) is 2.88. The van der Waals surface area contributed by atoms with Gasteiger partial charge in [0.2, 0.25) is 0 Å². The average molecular weight is 412 g/mol. The minimum absolute atomic E-state index is 0.0879. The molecule has 0 saturated heterocycles. The Bertz CT molecular complexity index is 429. The van der Waals surface area contributed by atoms with E-state index in [0.717, 1.165) is 22.6 Å². The SMILES string of the molecule is CC(C)(CCCBr)CNC(=O)c1cc(Cl)cc(Br)c1. The smallest absolute Gasteiger partial charge is 0.251 e. The van der Waals surface area contributed by atoms with Gasteiger partial charge in [0.15, 0.2) is 0 Å². The molecule has 0 aromatic heterocycles. The maximum Gasteiger partial charge on any atom is 0.251 e. The summed E-state index contributed by atoms with van der Waals surface area (Å²) in [5.74, 6) is -0.0879. The first-order valence-electron chi connectivity index (χ1n) is 6.14. The number of hydrogen-bond acceptors (Lipinski definition) is 1. The second-order valence-electron chi connectivity index (χ2n) is 5.30. The Morgan fingerprint density at radius 2 is 2.05 bits per heavy atom. The van der Waals surface area contributed by atoms with Gasteiger partial charge in [0, 0.05) is 26.9 Å². The molecule has 1 N–H and O–H groups in total. The molecule has 0 heterocycles. The molecule has 5 heteroatoms. The van der Waals surface area contributed by atoms with E-state index in [4.69, 9.17) is 11.6 Å². The van der Waals surface area contributed by atoms with Crippen LogP contribution in [0.15, 0.2) is 22.7 Å². The van der Waals surface area contributed by atoms with E-state index in [1.165, 1.54) is 0 Å². The lowest BCUT2D eigenvalue weighted by Gasteiger charge is -2.24. The van der Waals surface area contributed by atoms with Crippen molar-refractivity contribution in [1.29, 1.82) is 0 Å². The van der Waals surface area contributed by atoms with Crippen LogP contribution in [0.5, 0.6) is 0 Å². The van der Waals surface area contributed by atoms with E-state index >= 15 is 0 Å². The van der Waals surface area contributed by atoms with E-state index in [1.807, 2.05) is 0 Å². The molecule has 0 saturated carbocycles. The van der Waals surface area contributed by atoms with E-state index in [9.17, 15) is 4.79 Å². The van der Waals surface area contributed by atoms with Gasteiger partial charge in [-0.3, -0.25) is 4.79 Å². The quantitative estimate of drug-likeness (QED) is 0.654. The standard InChI is InChI=1S/C14H18Br2ClNO/c1-14(2,4-3-5-15)9-18-13(19)10-6-11(16)8-12(17)7-10/h6-8H,3-5,9H2,1-2H3,(H,18,19). The molecular formula is C14H18Br2ClNO. The highest BCUT2D eigenvalue weighted by Crippen LogP contribution is 2.23. The molecular weight excluding hydrogens is 393 g/mol. The van der Waals surface area contributed by atoms with Crippen LogP contribution < -0.4 is 5.32 Å². The van der Waals surface area contributed by atoms with Crippen molar-refractivity contribution in [3.8, 4) is 0 Å². The minimum atomic E-state index is -0.0879. The van der Waals surface area contributed by atoms with Crippen LogP contribution in [-0.4, -0.2) is 17.8 Å². The van der Waals surface area contributed by atoms with Crippen molar-refractivity contribution < 1.29 is 4.79 Å². The minimum Gasteiger partial charge on any atom is -0.352 e. The molecule has 0 spiro atoms.